The van der Waals surface area contributed by atoms with E-state index in [0.717, 1.165) is 0 Å². The summed E-state index contributed by atoms with van der Waals surface area (Å²) in [5.74, 6) is -0.155. The summed E-state index contributed by atoms with van der Waals surface area (Å²) in [6, 6.07) is 0. The van der Waals surface area contributed by atoms with Crippen LogP contribution in [0.2, 0.25) is 0 Å². The smallest absolute Gasteiger partial charge is 0.289 e. The minimum atomic E-state index is -0.633. The average Bonchev–Trinajstić information content (AvgIpc) is 2.30. The molecule has 0 spiro atoms. The van der Waals surface area contributed by atoms with Crippen molar-refractivity contribution in [2.45, 2.75) is 0 Å². The van der Waals surface area contributed by atoms with Crippen molar-refractivity contribution in [1.82, 2.24) is 9.78 Å². The number of hydrogen-bond donors (Lipinski definition) is 2. The van der Waals surface area contributed by atoms with Gasteiger partial charge in [-0.1, -0.05) is 0 Å². The number of nitrogens with one attached hydrogen (secondary N) is 1. The molecule has 0 radical (unpaired) electrons. The number of hydrogen-bond acceptors (Lipinski definition) is 5. The minimum absolute atomic E-state index is 0.155. The topological polar surface area (TPSA) is 93.2 Å². The first-order valence-corrected chi connectivity index (χ1v) is 2.73. The molecule has 0 fully saturated rings. The summed E-state index contributed by atoms with van der Waals surface area (Å²) in [7, 11) is 1.52. The molecule has 0 aliphatic rings. The van der Waals surface area contributed by atoms with E-state index < -0.39 is 4.92 Å². The van der Waals surface area contributed by atoms with Gasteiger partial charge in [-0.05, 0) is 0 Å². The zero-order valence-electron chi connectivity index (χ0n) is 5.68. The van der Waals surface area contributed by atoms with Crippen molar-refractivity contribution in [3.63, 3.8) is 0 Å². The number of rotatable bonds is 2. The van der Waals surface area contributed by atoms with Crippen LogP contribution in [-0.2, 0) is 7.05 Å². The van der Waals surface area contributed by atoms with Gasteiger partial charge in [0.05, 0.1) is 4.92 Å². The minimum Gasteiger partial charge on any atom is -0.289 e. The summed E-state index contributed by atoms with van der Waals surface area (Å²) in [5, 5.41) is 22.1. The van der Waals surface area contributed by atoms with Crippen molar-refractivity contribution in [3.8, 4) is 0 Å². The van der Waals surface area contributed by atoms with E-state index in [1.807, 2.05) is 0 Å². The summed E-state index contributed by atoms with van der Waals surface area (Å²) in [5.41, 5.74) is 1.37. The van der Waals surface area contributed by atoms with Crippen LogP contribution in [0.25, 0.3) is 0 Å². The molecule has 0 aliphatic carbocycles. The molecular weight excluding hydrogens is 152 g/mol. The number of nitrogens with zero attached hydrogens (tertiary/aromatic N) is 3. The summed E-state index contributed by atoms with van der Waals surface area (Å²) in [4.78, 5) is 9.56. The molecule has 2 N–H and O–H groups in total. The molecule has 7 nitrogen and oxygen atoms in total. The zero-order valence-corrected chi connectivity index (χ0v) is 5.68. The van der Waals surface area contributed by atoms with E-state index in [1.54, 1.807) is 5.48 Å². The summed E-state index contributed by atoms with van der Waals surface area (Å²) in [6.07, 6.45) is 1.19. The highest BCUT2D eigenvalue weighted by Crippen LogP contribution is 2.19. The first-order chi connectivity index (χ1) is 5.15. The molecule has 0 saturated carbocycles. The number of aromatic nitrogens is 2. The molecule has 1 heterocycles. The Morgan fingerprint density at radius 3 is 2.91 bits per heavy atom. The van der Waals surface area contributed by atoms with Crippen LogP contribution >= 0.6 is 0 Å². The van der Waals surface area contributed by atoms with Crippen LogP contribution in [0.5, 0.6) is 0 Å². The summed E-state index contributed by atoms with van der Waals surface area (Å²) in [6.45, 7) is 0. The molecule has 1 aromatic rings. The maximum absolute atomic E-state index is 10.2. The Bertz CT molecular complexity index is 281. The normalized spacial score (nSPS) is 9.64. The lowest BCUT2D eigenvalue weighted by Gasteiger charge is -1.88. The Kier molecular flexibility index (Phi) is 1.73. The van der Waals surface area contributed by atoms with Crippen LogP contribution in [0.3, 0.4) is 0 Å². The molecule has 0 amide bonds. The standard InChI is InChI=1S/C4H6N4O3/c1-7-2-3(8(10)11)4(5-7)6-9/h2,9H,1H3,(H,5,6). The van der Waals surface area contributed by atoms with Gasteiger partial charge in [0, 0.05) is 7.05 Å². The Labute approximate surface area is 61.4 Å². The van der Waals surface area contributed by atoms with E-state index in [2.05, 4.69) is 5.10 Å². The third-order valence-electron chi connectivity index (χ3n) is 1.11. The maximum atomic E-state index is 10.2. The van der Waals surface area contributed by atoms with Crippen LogP contribution in [0.4, 0.5) is 11.5 Å². The van der Waals surface area contributed by atoms with Gasteiger partial charge in [0.15, 0.2) is 0 Å². The SMILES string of the molecule is Cn1cc([N+](=O)[O-])c(NO)n1. The molecule has 11 heavy (non-hydrogen) atoms. The quantitative estimate of drug-likeness (QED) is 0.471. The Morgan fingerprint density at radius 2 is 2.55 bits per heavy atom. The lowest BCUT2D eigenvalue weighted by molar-refractivity contribution is -0.384. The molecule has 60 valence electrons. The Balaban J connectivity index is 3.12. The summed E-state index contributed by atoms with van der Waals surface area (Å²) < 4.78 is 1.23. The average molecular weight is 158 g/mol. The van der Waals surface area contributed by atoms with Gasteiger partial charge in [-0.15, -0.1) is 5.10 Å². The lowest BCUT2D eigenvalue weighted by atomic mass is 10.5. The van der Waals surface area contributed by atoms with Crippen LogP contribution in [-0.4, -0.2) is 19.9 Å². The predicted molar refractivity (Wildman–Crippen MR) is 35.3 cm³/mol. The van der Waals surface area contributed by atoms with Gasteiger partial charge in [-0.2, -0.15) is 0 Å². The number of nitro groups is 1. The third kappa shape index (κ3) is 1.27. The van der Waals surface area contributed by atoms with E-state index in [9.17, 15) is 10.1 Å². The Morgan fingerprint density at radius 1 is 1.91 bits per heavy atom. The summed E-state index contributed by atoms with van der Waals surface area (Å²) >= 11 is 0. The van der Waals surface area contributed by atoms with E-state index in [4.69, 9.17) is 5.21 Å². The van der Waals surface area contributed by atoms with Crippen molar-refractivity contribution in [3.05, 3.63) is 16.3 Å². The molecule has 1 rings (SSSR count). The molecule has 0 aromatic carbocycles. The van der Waals surface area contributed by atoms with E-state index in [-0.39, 0.29) is 11.5 Å². The fourth-order valence-electron chi connectivity index (χ4n) is 0.689. The molecule has 0 saturated heterocycles. The monoisotopic (exact) mass is 158 g/mol. The van der Waals surface area contributed by atoms with Gasteiger partial charge in [-0.25, -0.2) is 5.48 Å². The molecule has 1 aromatic heterocycles. The van der Waals surface area contributed by atoms with Crippen molar-refractivity contribution in [2.24, 2.45) is 7.05 Å². The first-order valence-electron chi connectivity index (χ1n) is 2.73. The molecule has 0 aliphatic heterocycles. The van der Waals surface area contributed by atoms with Gasteiger partial charge >= 0.3 is 5.69 Å². The van der Waals surface area contributed by atoms with Crippen LogP contribution in [0, 0.1) is 10.1 Å². The largest absolute Gasteiger partial charge is 0.332 e. The predicted octanol–water partition coefficient (Wildman–Crippen LogP) is 0.129. The highest BCUT2D eigenvalue weighted by molar-refractivity contribution is 5.52. The van der Waals surface area contributed by atoms with Gasteiger partial charge in [-0.3, -0.25) is 20.0 Å². The van der Waals surface area contributed by atoms with Crippen LogP contribution in [0.1, 0.15) is 0 Å². The van der Waals surface area contributed by atoms with E-state index in [0.29, 0.717) is 0 Å². The van der Waals surface area contributed by atoms with Crippen molar-refractivity contribution >= 4 is 11.5 Å². The van der Waals surface area contributed by atoms with Gasteiger partial charge in [0.2, 0.25) is 5.82 Å². The number of anilines is 1. The third-order valence-corrected chi connectivity index (χ3v) is 1.11. The second-order valence-corrected chi connectivity index (χ2v) is 1.91. The van der Waals surface area contributed by atoms with Crippen molar-refractivity contribution < 1.29 is 10.1 Å². The second kappa shape index (κ2) is 2.54. The van der Waals surface area contributed by atoms with Crippen molar-refractivity contribution in [2.75, 3.05) is 5.48 Å². The van der Waals surface area contributed by atoms with Crippen molar-refractivity contribution in [1.29, 1.82) is 0 Å². The maximum Gasteiger partial charge on any atom is 0.332 e. The number of aryl methyl sites for hydroxylation is 1. The molecular formula is C4H6N4O3. The molecule has 0 bridgehead atoms. The first kappa shape index (κ1) is 7.48. The van der Waals surface area contributed by atoms with Gasteiger partial charge in [0.25, 0.3) is 0 Å². The Hall–Kier alpha value is -1.63. The van der Waals surface area contributed by atoms with Crippen LogP contribution < -0.4 is 5.48 Å². The fraction of sp³-hybridized carbons (Fsp3) is 0.250. The van der Waals surface area contributed by atoms with Gasteiger partial charge in [0.1, 0.15) is 6.20 Å². The molecule has 7 heteroatoms. The van der Waals surface area contributed by atoms with Gasteiger partial charge < -0.3 is 0 Å². The second-order valence-electron chi connectivity index (χ2n) is 1.91. The molecule has 0 atom stereocenters. The fourth-order valence-corrected chi connectivity index (χ4v) is 0.689. The lowest BCUT2D eigenvalue weighted by Crippen LogP contribution is -1.95. The highest BCUT2D eigenvalue weighted by Gasteiger charge is 2.16. The van der Waals surface area contributed by atoms with E-state index >= 15 is 0 Å². The molecule has 0 unspecified atom stereocenters. The van der Waals surface area contributed by atoms with Crippen LogP contribution in [0.15, 0.2) is 6.20 Å². The zero-order chi connectivity index (χ0) is 8.43. The highest BCUT2D eigenvalue weighted by atomic mass is 16.6. The van der Waals surface area contributed by atoms with E-state index in [1.165, 1.54) is 17.9 Å².